The van der Waals surface area contributed by atoms with Crippen LogP contribution < -0.4 is 16.6 Å². The second kappa shape index (κ2) is 12.3. The quantitative estimate of drug-likeness (QED) is 0.374. The summed E-state index contributed by atoms with van der Waals surface area (Å²) in [6.07, 6.45) is 5.43. The zero-order chi connectivity index (χ0) is 24.5. The van der Waals surface area contributed by atoms with Crippen LogP contribution in [0.4, 0.5) is 0 Å². The predicted octanol–water partition coefficient (Wildman–Crippen LogP) is 3.73. The van der Waals surface area contributed by atoms with Crippen LogP contribution in [0.25, 0.3) is 11.2 Å². The summed E-state index contributed by atoms with van der Waals surface area (Å²) in [5.41, 5.74) is 1.20. The van der Waals surface area contributed by atoms with E-state index in [2.05, 4.69) is 43.2 Å². The Hall–Kier alpha value is -3.16. The molecule has 184 valence electrons. The van der Waals surface area contributed by atoms with Crippen LogP contribution in [0.5, 0.6) is 0 Å². The van der Waals surface area contributed by atoms with E-state index < -0.39 is 11.2 Å². The number of aryl methyl sites for hydroxylation is 3. The first kappa shape index (κ1) is 25.5. The highest BCUT2D eigenvalue weighted by atomic mass is 16.2. The number of imidazole rings is 1. The van der Waals surface area contributed by atoms with Crippen LogP contribution in [0.2, 0.25) is 0 Å². The maximum atomic E-state index is 12.7. The number of carbonyl (C=O) groups excluding carboxylic acids is 1. The first-order chi connectivity index (χ1) is 16.5. The van der Waals surface area contributed by atoms with Gasteiger partial charge in [-0.3, -0.25) is 19.1 Å². The van der Waals surface area contributed by atoms with E-state index in [1.54, 1.807) is 4.57 Å². The molecule has 0 aliphatic rings. The number of nitrogens with one attached hydrogen (secondary N) is 2. The Labute approximate surface area is 200 Å². The number of hydrogen-bond donors (Lipinski definition) is 2. The fourth-order valence-electron chi connectivity index (χ4n) is 4.17. The van der Waals surface area contributed by atoms with Crippen molar-refractivity contribution in [3.63, 3.8) is 0 Å². The summed E-state index contributed by atoms with van der Waals surface area (Å²) in [5.74, 6) is 0.848. The maximum absolute atomic E-state index is 12.7. The molecule has 1 amide bonds. The van der Waals surface area contributed by atoms with Crippen LogP contribution in [-0.2, 0) is 24.3 Å². The number of nitrogens with zero attached hydrogens (tertiary/aromatic N) is 3. The van der Waals surface area contributed by atoms with Crippen LogP contribution in [0.1, 0.15) is 76.6 Å². The summed E-state index contributed by atoms with van der Waals surface area (Å²) in [6.45, 7) is 7.98. The lowest BCUT2D eigenvalue weighted by molar-refractivity contribution is -0.121. The Kier molecular flexibility index (Phi) is 9.24. The molecule has 34 heavy (non-hydrogen) atoms. The number of rotatable bonds is 13. The van der Waals surface area contributed by atoms with Gasteiger partial charge in [0.05, 0.1) is 0 Å². The summed E-state index contributed by atoms with van der Waals surface area (Å²) in [6, 6.07) is 10.1. The molecule has 0 saturated heterocycles. The highest BCUT2D eigenvalue weighted by Crippen LogP contribution is 2.16. The van der Waals surface area contributed by atoms with Crippen molar-refractivity contribution in [1.82, 2.24) is 24.4 Å². The second-order valence-corrected chi connectivity index (χ2v) is 8.94. The van der Waals surface area contributed by atoms with E-state index in [-0.39, 0.29) is 18.2 Å². The Morgan fingerprint density at radius 3 is 2.44 bits per heavy atom. The largest absolute Gasteiger partial charge is 0.355 e. The van der Waals surface area contributed by atoms with Gasteiger partial charge in [-0.05, 0) is 24.3 Å². The number of amides is 1. The predicted molar refractivity (Wildman–Crippen MR) is 135 cm³/mol. The summed E-state index contributed by atoms with van der Waals surface area (Å²) in [4.78, 5) is 45.0. The molecule has 0 aliphatic heterocycles. The van der Waals surface area contributed by atoms with Gasteiger partial charge in [0, 0.05) is 32.5 Å². The lowest BCUT2D eigenvalue weighted by Crippen LogP contribution is -2.31. The normalized spacial score (nSPS) is 12.2. The Balaban J connectivity index is 1.79. The summed E-state index contributed by atoms with van der Waals surface area (Å²) in [7, 11) is 0. The van der Waals surface area contributed by atoms with Crippen LogP contribution in [-0.4, -0.2) is 31.6 Å². The van der Waals surface area contributed by atoms with Gasteiger partial charge in [0.1, 0.15) is 5.82 Å². The SMILES string of the molecule is CCCCCn1c(CCC(=O)NCC(C)c2ccccc2)nc2c1c(=O)[nH]c(=O)n2CCCC. The van der Waals surface area contributed by atoms with E-state index in [4.69, 9.17) is 4.98 Å². The number of aromatic nitrogens is 4. The third kappa shape index (κ3) is 6.24. The maximum Gasteiger partial charge on any atom is 0.330 e. The molecule has 0 spiro atoms. The number of aromatic amines is 1. The molecule has 2 aromatic heterocycles. The summed E-state index contributed by atoms with van der Waals surface area (Å²) < 4.78 is 3.47. The van der Waals surface area contributed by atoms with E-state index in [9.17, 15) is 14.4 Å². The fourth-order valence-corrected chi connectivity index (χ4v) is 4.17. The van der Waals surface area contributed by atoms with Crippen LogP contribution in [0.3, 0.4) is 0 Å². The zero-order valence-electron chi connectivity index (χ0n) is 20.6. The molecule has 1 atom stereocenters. The average molecular weight is 468 g/mol. The average Bonchev–Trinajstić information content (AvgIpc) is 3.20. The molecule has 3 rings (SSSR count). The molecule has 3 aromatic rings. The number of hydrogen-bond acceptors (Lipinski definition) is 4. The summed E-state index contributed by atoms with van der Waals surface area (Å²) in [5, 5.41) is 3.02. The van der Waals surface area contributed by atoms with Gasteiger partial charge in [0.2, 0.25) is 5.91 Å². The van der Waals surface area contributed by atoms with Gasteiger partial charge in [0.15, 0.2) is 11.2 Å². The molecule has 1 unspecified atom stereocenters. The minimum Gasteiger partial charge on any atom is -0.355 e. The first-order valence-electron chi connectivity index (χ1n) is 12.5. The highest BCUT2D eigenvalue weighted by molar-refractivity contribution is 5.76. The van der Waals surface area contributed by atoms with Crippen molar-refractivity contribution in [2.45, 2.75) is 84.7 Å². The third-order valence-corrected chi connectivity index (χ3v) is 6.23. The van der Waals surface area contributed by atoms with E-state index in [1.165, 1.54) is 5.56 Å². The van der Waals surface area contributed by atoms with Gasteiger partial charge in [-0.2, -0.15) is 0 Å². The van der Waals surface area contributed by atoms with Crippen LogP contribution in [0.15, 0.2) is 39.9 Å². The molecule has 0 radical (unpaired) electrons. The number of unbranched alkanes of at least 4 members (excludes halogenated alkanes) is 3. The minimum absolute atomic E-state index is 0.0489. The molecule has 0 bridgehead atoms. The van der Waals surface area contributed by atoms with E-state index in [1.807, 2.05) is 22.8 Å². The zero-order valence-corrected chi connectivity index (χ0v) is 20.6. The molecule has 0 fully saturated rings. The van der Waals surface area contributed by atoms with Gasteiger partial charge < -0.3 is 9.88 Å². The van der Waals surface area contributed by atoms with Crippen molar-refractivity contribution in [3.05, 3.63) is 62.6 Å². The molecule has 2 heterocycles. The van der Waals surface area contributed by atoms with Crippen molar-refractivity contribution in [2.75, 3.05) is 6.54 Å². The van der Waals surface area contributed by atoms with Gasteiger partial charge >= 0.3 is 5.69 Å². The van der Waals surface area contributed by atoms with Crippen LogP contribution >= 0.6 is 0 Å². The monoisotopic (exact) mass is 467 g/mol. The minimum atomic E-state index is -0.427. The molecule has 0 saturated carbocycles. The molecule has 1 aromatic carbocycles. The van der Waals surface area contributed by atoms with E-state index in [0.29, 0.717) is 43.0 Å². The lowest BCUT2D eigenvalue weighted by Gasteiger charge is -2.13. The molecular weight excluding hydrogens is 430 g/mol. The topological polar surface area (TPSA) is 102 Å². The standard InChI is InChI=1S/C26H37N5O3/c1-4-6-11-17-30-21(14-15-22(32)27-18-19(3)20-12-9-8-10-13-20)28-24-23(30)25(33)29-26(34)31(24)16-7-5-2/h8-10,12-13,19H,4-7,11,14-18H2,1-3H3,(H,27,32)(H,29,33,34). The highest BCUT2D eigenvalue weighted by Gasteiger charge is 2.19. The molecular formula is C26H37N5O3. The van der Waals surface area contributed by atoms with Gasteiger partial charge in [-0.1, -0.05) is 70.4 Å². The Morgan fingerprint density at radius 1 is 1.03 bits per heavy atom. The van der Waals surface area contributed by atoms with Gasteiger partial charge in [-0.15, -0.1) is 0 Å². The molecule has 8 nitrogen and oxygen atoms in total. The first-order valence-corrected chi connectivity index (χ1v) is 12.5. The van der Waals surface area contributed by atoms with Crippen molar-refractivity contribution >= 4 is 17.1 Å². The lowest BCUT2D eigenvalue weighted by atomic mass is 10.0. The van der Waals surface area contributed by atoms with Crippen molar-refractivity contribution in [1.29, 1.82) is 0 Å². The summed E-state index contributed by atoms with van der Waals surface area (Å²) >= 11 is 0. The smallest absolute Gasteiger partial charge is 0.330 e. The molecule has 2 N–H and O–H groups in total. The van der Waals surface area contributed by atoms with Gasteiger partial charge in [-0.25, -0.2) is 9.78 Å². The number of carbonyl (C=O) groups is 1. The number of H-pyrrole nitrogens is 1. The fraction of sp³-hybridized carbons (Fsp3) is 0.538. The van der Waals surface area contributed by atoms with E-state index in [0.717, 1.165) is 32.1 Å². The van der Waals surface area contributed by atoms with Crippen molar-refractivity contribution < 1.29 is 4.79 Å². The molecule has 8 heteroatoms. The van der Waals surface area contributed by atoms with Gasteiger partial charge in [0.25, 0.3) is 5.56 Å². The van der Waals surface area contributed by atoms with Crippen molar-refractivity contribution in [2.24, 2.45) is 0 Å². The second-order valence-electron chi connectivity index (χ2n) is 8.94. The van der Waals surface area contributed by atoms with E-state index >= 15 is 0 Å². The third-order valence-electron chi connectivity index (χ3n) is 6.23. The number of benzene rings is 1. The van der Waals surface area contributed by atoms with Crippen LogP contribution in [0, 0.1) is 0 Å². The Morgan fingerprint density at radius 2 is 1.74 bits per heavy atom. The number of fused-ring (bicyclic) bond motifs is 1. The van der Waals surface area contributed by atoms with Crippen molar-refractivity contribution in [3.8, 4) is 0 Å². The molecule has 0 aliphatic carbocycles. The Bertz CT molecular complexity index is 1190.